The van der Waals surface area contributed by atoms with Gasteiger partial charge in [-0.3, -0.25) is 24.0 Å². The molecule has 3 heterocycles. The summed E-state index contributed by atoms with van der Waals surface area (Å²) in [5, 5.41) is 21.5. The molecule has 0 spiro atoms. The zero-order valence-corrected chi connectivity index (χ0v) is 30.2. The fourth-order valence-electron chi connectivity index (χ4n) is 7.21. The van der Waals surface area contributed by atoms with E-state index in [-0.39, 0.29) is 68.3 Å². The molecular weight excluding hydrogens is 720 g/mol. The number of aliphatic imine (C=N–C) groups is 1. The van der Waals surface area contributed by atoms with E-state index in [0.29, 0.717) is 0 Å². The molecule has 2 atom stereocenters. The van der Waals surface area contributed by atoms with Gasteiger partial charge in [-0.1, -0.05) is 43.4 Å². The van der Waals surface area contributed by atoms with Crippen molar-refractivity contribution in [1.29, 1.82) is 0 Å². The van der Waals surface area contributed by atoms with Crippen LogP contribution in [0.3, 0.4) is 0 Å². The van der Waals surface area contributed by atoms with Crippen LogP contribution in [0.4, 0.5) is 8.78 Å². The van der Waals surface area contributed by atoms with E-state index >= 15 is 0 Å². The van der Waals surface area contributed by atoms with E-state index in [1.165, 1.54) is 35.7 Å². The van der Waals surface area contributed by atoms with Crippen molar-refractivity contribution in [2.45, 2.75) is 106 Å². The van der Waals surface area contributed by atoms with Crippen LogP contribution in [0.15, 0.2) is 40.4 Å². The summed E-state index contributed by atoms with van der Waals surface area (Å²) in [5.74, 6) is -8.74. The summed E-state index contributed by atoms with van der Waals surface area (Å²) < 4.78 is 57.7. The lowest BCUT2D eigenvalue weighted by molar-refractivity contribution is -0.146. The molecule has 288 valence electrons. The summed E-state index contributed by atoms with van der Waals surface area (Å²) in [4.78, 5) is 72.1. The Kier molecular flexibility index (Phi) is 11.9. The Bertz CT molecular complexity index is 1880. The van der Waals surface area contributed by atoms with E-state index in [2.05, 4.69) is 20.6 Å². The van der Waals surface area contributed by atoms with Crippen LogP contribution in [-0.4, -0.2) is 106 Å². The van der Waals surface area contributed by atoms with Gasteiger partial charge in [0.15, 0.2) is 0 Å². The van der Waals surface area contributed by atoms with E-state index in [1.54, 1.807) is 0 Å². The highest BCUT2D eigenvalue weighted by molar-refractivity contribution is 7.91. The molecule has 3 aliphatic rings. The van der Waals surface area contributed by atoms with Gasteiger partial charge >= 0.3 is 5.76 Å². The largest absolute Gasteiger partial charge is 0.384 e. The highest BCUT2D eigenvalue weighted by atomic mass is 32.2. The van der Waals surface area contributed by atoms with E-state index in [1.807, 2.05) is 0 Å². The Morgan fingerprint density at radius 3 is 2.43 bits per heavy atom. The number of aliphatic hydroxyl groups is 1. The maximum absolute atomic E-state index is 14.6. The number of alkyl halides is 2. The predicted molar refractivity (Wildman–Crippen MR) is 182 cm³/mol. The average Bonchev–Trinajstić information content (AvgIpc) is 3.80. The zero-order valence-electron chi connectivity index (χ0n) is 29.4. The van der Waals surface area contributed by atoms with Gasteiger partial charge in [0, 0.05) is 44.6 Å². The topological polar surface area (TPSA) is 233 Å². The van der Waals surface area contributed by atoms with Crippen LogP contribution in [0.2, 0.25) is 0 Å². The van der Waals surface area contributed by atoms with Crippen molar-refractivity contribution in [3.8, 4) is 0 Å². The Morgan fingerprint density at radius 2 is 1.81 bits per heavy atom. The second kappa shape index (κ2) is 15.9. The highest BCUT2D eigenvalue weighted by Crippen LogP contribution is 2.34. The second-order valence-corrected chi connectivity index (χ2v) is 16.2. The Labute approximate surface area is 304 Å². The Morgan fingerprint density at radius 1 is 1.13 bits per heavy atom. The third-order valence-corrected chi connectivity index (χ3v) is 11.5. The number of hydrogen-bond donors (Lipinski definition) is 3. The quantitative estimate of drug-likeness (QED) is 0.208. The first-order chi connectivity index (χ1) is 24.9. The van der Waals surface area contributed by atoms with Crippen molar-refractivity contribution < 1.29 is 51.0 Å². The van der Waals surface area contributed by atoms with Gasteiger partial charge in [0.25, 0.3) is 17.7 Å². The molecule has 1 aliphatic carbocycles. The van der Waals surface area contributed by atoms with E-state index in [0.717, 1.165) is 50.3 Å². The number of benzene rings is 1. The molecule has 0 bridgehead atoms. The Balaban J connectivity index is 1.55. The van der Waals surface area contributed by atoms with Crippen molar-refractivity contribution in [3.63, 3.8) is 0 Å². The number of hydrogen-bond acceptors (Lipinski definition) is 11. The number of amides is 4. The van der Waals surface area contributed by atoms with Gasteiger partial charge in [-0.2, -0.15) is 8.78 Å². The third-order valence-electron chi connectivity index (χ3n) is 10.1. The first-order valence-electron chi connectivity index (χ1n) is 17.4. The number of ketones is 1. The van der Waals surface area contributed by atoms with E-state index < -0.39 is 73.1 Å². The smallest absolute Gasteiger partial charge is 0.341 e. The molecule has 1 saturated carbocycles. The number of primary amides is 1. The number of carbonyl (C=O) groups is 5. The SMILES string of the molecule is CC(C)(O)c1cnnn1[C@H]1C[C@@H](C(=O)NC2(C(=O)C(N)=O)CCOCC2)N(C(=O)/C(CC2CCCCC2)=N/C(=O)c2cccc(S(=O)(=O)C(F)F)c2)C1. The minimum atomic E-state index is -5.05. The molecule has 0 radical (unpaired) electrons. The minimum absolute atomic E-state index is 0.0226. The van der Waals surface area contributed by atoms with E-state index in [4.69, 9.17) is 10.5 Å². The molecule has 1 aromatic carbocycles. The Hall–Kier alpha value is -4.49. The number of Topliss-reactive ketones (excluding diaryl/α,β-unsaturated/α-hetero) is 1. The van der Waals surface area contributed by atoms with Gasteiger partial charge in [-0.25, -0.2) is 18.1 Å². The van der Waals surface area contributed by atoms with Gasteiger partial charge < -0.3 is 25.8 Å². The average molecular weight is 764 g/mol. The molecule has 0 unspecified atom stereocenters. The van der Waals surface area contributed by atoms with Gasteiger partial charge in [-0.05, 0) is 44.4 Å². The molecule has 5 rings (SSSR count). The zero-order chi connectivity index (χ0) is 38.7. The first kappa shape index (κ1) is 39.7. The standard InChI is InChI=1S/C34H43F2N7O9S/c1-33(2,49)26-18-38-41-43(26)22-17-25(30(47)40-34(27(44)28(37)45)11-13-52-14-12-34)42(19-22)31(48)24(15-20-7-4-3-5-8-20)39-29(46)21-9-6-10-23(16-21)53(50,51)32(35)36/h6,9-10,16,18,20,22,25,32,49H,3-5,7-8,11-15,17,19H2,1-2H3,(H2,37,45)(H,40,47)/b39-24+/t22-,25-/m0/s1. The van der Waals surface area contributed by atoms with Crippen LogP contribution in [0.25, 0.3) is 0 Å². The lowest BCUT2D eigenvalue weighted by atomic mass is 9.84. The number of nitrogens with one attached hydrogen (secondary N) is 1. The molecule has 53 heavy (non-hydrogen) atoms. The van der Waals surface area contributed by atoms with Gasteiger partial charge in [0.05, 0.1) is 22.8 Å². The lowest BCUT2D eigenvalue weighted by Gasteiger charge is -2.37. The molecule has 4 amide bonds. The van der Waals surface area contributed by atoms with Crippen molar-refractivity contribution in [1.82, 2.24) is 25.2 Å². The number of halogens is 2. The van der Waals surface area contributed by atoms with Crippen LogP contribution < -0.4 is 11.1 Å². The van der Waals surface area contributed by atoms with Crippen LogP contribution in [0, 0.1) is 5.92 Å². The molecule has 2 saturated heterocycles. The van der Waals surface area contributed by atoms with Crippen molar-refractivity contribution in [2.75, 3.05) is 19.8 Å². The van der Waals surface area contributed by atoms with Crippen LogP contribution in [-0.2, 0) is 39.4 Å². The molecule has 2 aliphatic heterocycles. The highest BCUT2D eigenvalue weighted by Gasteiger charge is 2.49. The van der Waals surface area contributed by atoms with Crippen molar-refractivity contribution in [3.05, 3.63) is 41.7 Å². The number of nitrogens with two attached hydrogens (primary N) is 1. The van der Waals surface area contributed by atoms with Crippen molar-refractivity contribution in [2.24, 2.45) is 16.6 Å². The molecule has 16 nitrogen and oxygen atoms in total. The minimum Gasteiger partial charge on any atom is -0.384 e. The number of nitrogens with zero attached hydrogens (tertiary/aromatic N) is 5. The number of sulfone groups is 1. The summed E-state index contributed by atoms with van der Waals surface area (Å²) in [5.41, 5.74) is 1.94. The fourth-order valence-corrected chi connectivity index (χ4v) is 7.97. The maximum atomic E-state index is 14.6. The molecular formula is C34H43F2N7O9S. The monoisotopic (exact) mass is 763 g/mol. The molecule has 3 fully saturated rings. The first-order valence-corrected chi connectivity index (χ1v) is 18.9. The predicted octanol–water partition coefficient (Wildman–Crippen LogP) is 1.62. The molecule has 2 aromatic rings. The number of aromatic nitrogens is 3. The maximum Gasteiger partial charge on any atom is 0.341 e. The van der Waals surface area contributed by atoms with Crippen LogP contribution in [0.5, 0.6) is 0 Å². The summed E-state index contributed by atoms with van der Waals surface area (Å²) in [6.45, 7) is 2.93. The number of carbonyl (C=O) groups excluding carboxylic acids is 5. The van der Waals surface area contributed by atoms with Crippen LogP contribution >= 0.6 is 0 Å². The summed E-state index contributed by atoms with van der Waals surface area (Å²) in [6, 6.07) is 1.95. The van der Waals surface area contributed by atoms with Crippen LogP contribution in [0.1, 0.15) is 93.7 Å². The fraction of sp³-hybridized carbons (Fsp3) is 0.588. The summed E-state index contributed by atoms with van der Waals surface area (Å²) >= 11 is 0. The molecule has 1 aromatic heterocycles. The summed E-state index contributed by atoms with van der Waals surface area (Å²) in [7, 11) is -5.05. The number of rotatable bonds is 12. The number of ether oxygens (including phenoxy) is 1. The van der Waals surface area contributed by atoms with Crippen molar-refractivity contribution >= 4 is 45.0 Å². The van der Waals surface area contributed by atoms with Gasteiger partial charge in [0.2, 0.25) is 21.5 Å². The van der Waals surface area contributed by atoms with E-state index in [9.17, 15) is 46.3 Å². The summed E-state index contributed by atoms with van der Waals surface area (Å²) in [6.07, 6.45) is 5.35. The lowest BCUT2D eigenvalue weighted by Crippen LogP contribution is -2.63. The second-order valence-electron chi connectivity index (χ2n) is 14.3. The molecule has 19 heteroatoms. The number of likely N-dealkylation sites (tertiary alicyclic amines) is 1. The molecule has 4 N–H and O–H groups in total. The van der Waals surface area contributed by atoms with Gasteiger partial charge in [0.1, 0.15) is 22.9 Å². The van der Waals surface area contributed by atoms with Gasteiger partial charge in [-0.15, -0.1) is 5.10 Å². The third kappa shape index (κ3) is 8.67. The normalized spacial score (nSPS) is 21.4.